The van der Waals surface area contributed by atoms with Crippen LogP contribution in [0.5, 0.6) is 0 Å². The maximum Gasteiger partial charge on any atom is 0.335 e. The first-order valence-electron chi connectivity index (χ1n) is 47.0. The van der Waals surface area contributed by atoms with E-state index in [1.807, 2.05) is 20.8 Å². The molecule has 20 fully saturated rings. The van der Waals surface area contributed by atoms with E-state index in [4.69, 9.17) is 56.8 Å². The van der Waals surface area contributed by atoms with Crippen molar-refractivity contribution in [3.05, 3.63) is 46.6 Å². The van der Waals surface area contributed by atoms with Gasteiger partial charge in [-0.1, -0.05) is 73.6 Å². The summed E-state index contributed by atoms with van der Waals surface area (Å²) in [5.41, 5.74) is -7.41. The number of hydrogen-bond acceptors (Lipinski definition) is 32. The molecule has 14 unspecified atom stereocenters. The first kappa shape index (κ1) is 88.4. The van der Waals surface area contributed by atoms with Crippen LogP contribution >= 0.6 is 0 Å². The second-order valence-corrected chi connectivity index (χ2v) is 45.3. The minimum Gasteiger partial charge on any atom is -0.469 e. The molecule has 24 aliphatic rings. The van der Waals surface area contributed by atoms with E-state index in [-0.39, 0.29) is 102 Å². The average molecular weight is 1790 g/mol. The molecule has 0 aromatic rings. The van der Waals surface area contributed by atoms with Crippen LogP contribution < -0.4 is 0 Å². The Kier molecular flexibility index (Phi) is 19.2. The van der Waals surface area contributed by atoms with Crippen LogP contribution in [0.4, 0.5) is 0 Å². The molecule has 8 heterocycles. The van der Waals surface area contributed by atoms with Crippen LogP contribution in [-0.2, 0) is 100.0 Å². The topological polar surface area (TPSA) is 500 Å². The minimum absolute atomic E-state index is 0.00623. The molecule has 8 spiro atoms. The molecule has 0 bridgehead atoms. The zero-order valence-corrected chi connectivity index (χ0v) is 74.9. The fraction of sp³-hybridized carbons (Fsp3) is 0.823. The van der Waals surface area contributed by atoms with Crippen LogP contribution in [0.25, 0.3) is 0 Å². The summed E-state index contributed by atoms with van der Waals surface area (Å²) in [6.45, 7) is 16.6. The van der Waals surface area contributed by atoms with Gasteiger partial charge in [-0.2, -0.15) is 0 Å². The van der Waals surface area contributed by atoms with Crippen molar-refractivity contribution in [1.29, 1.82) is 0 Å². The van der Waals surface area contributed by atoms with E-state index < -0.39 is 221 Å². The number of hydrogen-bond donors (Lipinski definition) is 11. The van der Waals surface area contributed by atoms with E-state index in [2.05, 4.69) is 34.6 Å². The molecule has 0 radical (unpaired) electrons. The Bertz CT molecular complexity index is 4810. The number of aliphatic hydroxyl groups excluding tert-OH is 11. The molecule has 16 aliphatic carbocycles. The molecule has 32 heteroatoms. The maximum atomic E-state index is 13.1. The highest BCUT2D eigenvalue weighted by atomic mass is 16.6. The Morgan fingerprint density at radius 3 is 1.07 bits per heavy atom. The predicted octanol–water partition coefficient (Wildman–Crippen LogP) is 3.64. The Morgan fingerprint density at radius 2 is 0.680 bits per heavy atom. The van der Waals surface area contributed by atoms with Gasteiger partial charge in [-0.15, -0.1) is 0 Å². The fourth-order valence-corrected chi connectivity index (χ4v) is 35.5. The second-order valence-electron chi connectivity index (χ2n) is 45.3. The summed E-state index contributed by atoms with van der Waals surface area (Å²) in [5, 5.41) is 119. The standard InChI is InChI=1S/C24H32O8.C24H30O8.2C24H32O8/c1-21-10-15-24(31-15)18(11(21)4-6-23(21)7-5-16(27)32-23)17(20(29)30-3)19(28)12-8-13(25)14(26)9-22(12,24)2;1-21-6-4-11(25)8-12(21)19(28)16(20(29)30-3)18-17-13(26)9-23(7-5-15(27)32-23)22(17,2)10-14-24(18,21)31-14;2*1-21-6-4-11(25)8-13(21)18(27)16(20(29)30-3)17-12-5-7-23(9-14(26)19(28)32-23)22(12,2)10-15-24(17,21)31-15/h8,11,13-15,17-19,25-26,28H,4-7,9-10H2,1-3H3;8,13-14,16-19,26,28H,4-7,9-10H2,1-3H3;2*8,11-12,14-18,25-27H,4-7,9-10H2,1-3H3/t11?,13-,14-,15-,17?,18?,19+,21+,22+,23-,24-;13-,14+,16?,17?,18?,19-,21-,22-,23-,24+;2*11-,12?,14?,15+,16?,17?,18-,21-,22-,23+,24+/m1000/s1. The number of ether oxygens (including phenoxy) is 12. The van der Waals surface area contributed by atoms with Crippen LogP contribution in [-0.4, -0.2) is 275 Å². The van der Waals surface area contributed by atoms with Crippen LogP contribution in [0, 0.1) is 114 Å². The third-order valence-electron chi connectivity index (χ3n) is 41.5. The monoisotopic (exact) mass is 1790 g/mol. The highest BCUT2D eigenvalue weighted by Gasteiger charge is 2.91. The minimum atomic E-state index is -1.20. The average Bonchev–Trinajstić information content (AvgIpc) is 1.47. The molecule has 128 heavy (non-hydrogen) atoms. The first-order valence-corrected chi connectivity index (χ1v) is 47.0. The van der Waals surface area contributed by atoms with Crippen molar-refractivity contribution in [2.45, 2.75) is 346 Å². The van der Waals surface area contributed by atoms with Crippen LogP contribution in [0.2, 0.25) is 0 Å². The maximum absolute atomic E-state index is 13.1. The highest BCUT2D eigenvalue weighted by molar-refractivity contribution is 5.93. The third-order valence-corrected chi connectivity index (χ3v) is 41.5. The molecule has 702 valence electrons. The Labute approximate surface area is 741 Å². The molecule has 24 rings (SSSR count). The van der Waals surface area contributed by atoms with Gasteiger partial charge < -0.3 is 113 Å². The SMILES string of the molecule is COC(=O)C1C2C3CC[C@@]4(CC(O)C(=O)O4)[C@@]3(C)C[C@H]3O[C@@]23[C@@]2(C)CC[C@H](O)C=C2[C@@H]1O.COC(=O)C1C2C3CC[C@@]4(CC(O)C(=O)O4)[C@@]3(C)C[C@H]3O[C@@]23[C@@]2(C)CC[C@H](O)C=C2[C@@H]1O.COC(=O)C1C2C3CC[C@@]4(CCC(=O)O4)[C@@]3(C)C[C@H]3O[C@@]23[C@@]2(C)C[C@@H](O)[C@H](O)C=C2[C@@H]1O.COC(=O)C1C2C3[C@@H](O)C[C@@]4(CCC(=O)O4)[C@@]3(C)C[C@H]3O[C@@]23[C@@]2(C)CCC(=O)C=C2[C@@H]1O. The fourth-order valence-electron chi connectivity index (χ4n) is 35.5. The van der Waals surface area contributed by atoms with E-state index in [0.717, 1.165) is 25.7 Å². The molecule has 0 amide bonds. The summed E-state index contributed by atoms with van der Waals surface area (Å²) in [7, 11) is 5.27. The Morgan fingerprint density at radius 1 is 0.336 bits per heavy atom. The normalized spacial score (nSPS) is 57.1. The number of ketones is 1. The van der Waals surface area contributed by atoms with Crippen molar-refractivity contribution < 1.29 is 156 Å². The lowest BCUT2D eigenvalue weighted by molar-refractivity contribution is -0.182. The van der Waals surface area contributed by atoms with Crippen molar-refractivity contribution in [3.63, 3.8) is 0 Å². The smallest absolute Gasteiger partial charge is 0.335 e. The summed E-state index contributed by atoms with van der Waals surface area (Å²) in [4.78, 5) is 113. The third kappa shape index (κ3) is 10.5. The molecule has 8 aliphatic heterocycles. The van der Waals surface area contributed by atoms with Gasteiger partial charge in [0.05, 0.1) is 131 Å². The quantitative estimate of drug-likeness (QED) is 0.0828. The summed E-state index contributed by atoms with van der Waals surface area (Å²) >= 11 is 0. The summed E-state index contributed by atoms with van der Waals surface area (Å²) in [5.74, 6) is -9.09. The van der Waals surface area contributed by atoms with Gasteiger partial charge in [0.25, 0.3) is 0 Å². The lowest BCUT2D eigenvalue weighted by Gasteiger charge is -2.60. The van der Waals surface area contributed by atoms with E-state index >= 15 is 0 Å². The van der Waals surface area contributed by atoms with Gasteiger partial charge in [-0.3, -0.25) is 33.6 Å². The first-order chi connectivity index (χ1) is 60.2. The Hall–Kier alpha value is -6.21. The van der Waals surface area contributed by atoms with Crippen molar-refractivity contribution in [2.24, 2.45) is 114 Å². The lowest BCUT2D eigenvalue weighted by Crippen LogP contribution is -2.67. The largest absolute Gasteiger partial charge is 0.469 e. The molecule has 11 N–H and O–H groups in total. The van der Waals surface area contributed by atoms with E-state index in [1.54, 1.807) is 12.2 Å². The molecule has 0 aromatic carbocycles. The van der Waals surface area contributed by atoms with Crippen molar-refractivity contribution in [2.75, 3.05) is 28.4 Å². The zero-order chi connectivity index (χ0) is 91.4. The van der Waals surface area contributed by atoms with E-state index in [9.17, 15) is 99.3 Å². The van der Waals surface area contributed by atoms with Crippen LogP contribution in [0.1, 0.15) is 209 Å². The number of epoxide rings is 4. The molecule has 12 saturated carbocycles. The van der Waals surface area contributed by atoms with Gasteiger partial charge in [0, 0.05) is 111 Å². The zero-order valence-electron chi connectivity index (χ0n) is 74.9. The molecular weight excluding hydrogens is 1670 g/mol. The van der Waals surface area contributed by atoms with E-state index in [1.165, 1.54) is 40.6 Å². The molecule has 32 nitrogen and oxygen atoms in total. The lowest BCUT2D eigenvalue weighted by atomic mass is 9.43. The van der Waals surface area contributed by atoms with E-state index in [0.29, 0.717) is 131 Å². The number of rotatable bonds is 4. The van der Waals surface area contributed by atoms with Crippen LogP contribution in [0.3, 0.4) is 0 Å². The second kappa shape index (κ2) is 27.8. The summed E-state index contributed by atoms with van der Waals surface area (Å²) in [6.07, 6.45) is 8.03. The number of carbonyl (C=O) groups is 9. The van der Waals surface area contributed by atoms with Crippen molar-refractivity contribution in [1.82, 2.24) is 0 Å². The molecular formula is C96H126O32. The van der Waals surface area contributed by atoms with Crippen molar-refractivity contribution in [3.8, 4) is 0 Å². The molecule has 43 atom stereocenters. The molecule has 8 saturated heterocycles. The Balaban J connectivity index is 0.000000104. The number of methoxy groups -OCH3 is 4. The van der Waals surface area contributed by atoms with Gasteiger partial charge in [0.2, 0.25) is 0 Å². The number of carbonyl (C=O) groups excluding carboxylic acids is 9. The van der Waals surface area contributed by atoms with Gasteiger partial charge in [0.1, 0.15) is 44.8 Å². The predicted molar refractivity (Wildman–Crippen MR) is 435 cm³/mol. The van der Waals surface area contributed by atoms with Crippen LogP contribution in [0.15, 0.2) is 46.6 Å². The molecule has 0 aromatic heterocycles. The van der Waals surface area contributed by atoms with Crippen molar-refractivity contribution >= 4 is 53.5 Å². The number of esters is 8. The number of fused-ring (bicyclic) bond motifs is 16. The van der Waals surface area contributed by atoms with Gasteiger partial charge in [0.15, 0.2) is 18.0 Å². The summed E-state index contributed by atoms with van der Waals surface area (Å²) in [6, 6.07) is 0. The van der Waals surface area contributed by atoms with Gasteiger partial charge >= 0.3 is 47.8 Å². The number of aliphatic hydroxyl groups is 11. The summed E-state index contributed by atoms with van der Waals surface area (Å²) < 4.78 is 70.4. The van der Waals surface area contributed by atoms with Gasteiger partial charge in [-0.25, -0.2) is 9.59 Å². The highest BCUT2D eigenvalue weighted by Crippen LogP contribution is 2.85. The van der Waals surface area contributed by atoms with Gasteiger partial charge in [-0.05, 0) is 162 Å².